The fourth-order valence-corrected chi connectivity index (χ4v) is 2.76. The van der Waals surface area contributed by atoms with Gasteiger partial charge in [-0.25, -0.2) is 0 Å². The number of esters is 1. The molecule has 9 heteroatoms. The number of alkyl halides is 1. The van der Waals surface area contributed by atoms with Crippen LogP contribution >= 0.6 is 22.6 Å². The summed E-state index contributed by atoms with van der Waals surface area (Å²) in [5, 5.41) is 8.06. The van der Waals surface area contributed by atoms with Crippen LogP contribution in [0.5, 0.6) is 0 Å². The van der Waals surface area contributed by atoms with Crippen molar-refractivity contribution in [2.75, 3.05) is 9.74 Å². The second-order valence-corrected chi connectivity index (χ2v) is 9.42. The molecular weight excluding hydrogens is 525 g/mol. The van der Waals surface area contributed by atoms with Gasteiger partial charge in [0.25, 0.3) is 0 Å². The summed E-state index contributed by atoms with van der Waals surface area (Å²) in [6, 6.07) is 5.43. The van der Waals surface area contributed by atoms with E-state index in [1.54, 1.807) is 31.2 Å². The van der Waals surface area contributed by atoms with Gasteiger partial charge < -0.3 is 20.7 Å². The number of carbonyl (C=O) groups excluding carboxylic acids is 4. The smallest absolute Gasteiger partial charge is 0.311 e. The summed E-state index contributed by atoms with van der Waals surface area (Å²) >= 11 is 1.93. The van der Waals surface area contributed by atoms with Crippen LogP contribution in [-0.4, -0.2) is 40.2 Å². The van der Waals surface area contributed by atoms with Crippen molar-refractivity contribution >= 4 is 52.0 Å². The van der Waals surface area contributed by atoms with Gasteiger partial charge in [-0.05, 0) is 50.8 Å². The number of anilines is 1. The van der Waals surface area contributed by atoms with E-state index in [4.69, 9.17) is 4.74 Å². The van der Waals surface area contributed by atoms with Crippen molar-refractivity contribution in [3.8, 4) is 0 Å². The number of ether oxygens (including phenoxy) is 1. The Morgan fingerprint density at radius 3 is 2.09 bits per heavy atom. The minimum Gasteiger partial charge on any atom is -0.460 e. The first kappa shape index (κ1) is 27.9. The lowest BCUT2D eigenvalue weighted by Crippen LogP contribution is -2.53. The zero-order chi connectivity index (χ0) is 24.5. The van der Waals surface area contributed by atoms with Crippen LogP contribution in [0.1, 0.15) is 53.5 Å². The molecule has 3 N–H and O–H groups in total. The van der Waals surface area contributed by atoms with Gasteiger partial charge in [0.15, 0.2) is 0 Å². The number of rotatable bonds is 11. The molecule has 0 radical (unpaired) electrons. The second kappa shape index (κ2) is 12.8. The van der Waals surface area contributed by atoms with Gasteiger partial charge in [-0.1, -0.05) is 55.5 Å². The van der Waals surface area contributed by atoms with Gasteiger partial charge in [-0.15, -0.1) is 0 Å². The van der Waals surface area contributed by atoms with Crippen molar-refractivity contribution in [1.82, 2.24) is 10.6 Å². The third kappa shape index (κ3) is 8.76. The third-order valence-electron chi connectivity index (χ3n) is 5.17. The van der Waals surface area contributed by atoms with E-state index in [9.17, 15) is 19.2 Å². The Balaban J connectivity index is 2.63. The van der Waals surface area contributed by atoms with Crippen molar-refractivity contribution in [2.24, 2.45) is 11.3 Å². The minimum absolute atomic E-state index is 0.123. The molecule has 0 unspecified atom stereocenters. The van der Waals surface area contributed by atoms with Gasteiger partial charge in [0.2, 0.25) is 17.7 Å². The summed E-state index contributed by atoms with van der Waals surface area (Å²) < 4.78 is 5.61. The molecule has 0 heterocycles. The number of amides is 3. The third-order valence-corrected chi connectivity index (χ3v) is 5.86. The highest BCUT2D eigenvalue weighted by Crippen LogP contribution is 2.22. The Bertz CT molecular complexity index is 808. The van der Waals surface area contributed by atoms with Crippen LogP contribution in [0.2, 0.25) is 0 Å². The van der Waals surface area contributed by atoms with Crippen molar-refractivity contribution in [2.45, 2.75) is 66.7 Å². The lowest BCUT2D eigenvalue weighted by Gasteiger charge is -2.23. The Morgan fingerprint density at radius 2 is 1.59 bits per heavy atom. The van der Waals surface area contributed by atoms with Crippen molar-refractivity contribution in [3.63, 3.8) is 0 Å². The second-order valence-electron chi connectivity index (χ2n) is 8.65. The minimum atomic E-state index is -0.794. The molecule has 1 aromatic rings. The average Bonchev–Trinajstić information content (AvgIpc) is 2.75. The standard InChI is InChI=1S/C23H34IN3O5/c1-7-23(5,6)22(31)32-13-16-8-10-17(11-9-16)26-20(29)15(4)25-21(30)19(14(2)3)27-18(28)12-24/h8-11,14-15,19H,7,12-13H2,1-6H3,(H,25,30)(H,26,29)(H,27,28)/t15-,19-/m0/s1. The first-order valence-corrected chi connectivity index (χ1v) is 12.2. The molecular formula is C23H34IN3O5. The van der Waals surface area contributed by atoms with Crippen molar-refractivity contribution in [1.29, 1.82) is 0 Å². The summed E-state index contributed by atoms with van der Waals surface area (Å²) in [6.45, 7) is 11.0. The normalized spacial score (nSPS) is 13.1. The van der Waals surface area contributed by atoms with E-state index in [1.807, 2.05) is 57.2 Å². The van der Waals surface area contributed by atoms with E-state index in [2.05, 4.69) is 16.0 Å². The molecule has 0 saturated carbocycles. The number of halogens is 1. The van der Waals surface area contributed by atoms with E-state index in [0.29, 0.717) is 12.1 Å². The fourth-order valence-electron chi connectivity index (χ4n) is 2.54. The van der Waals surface area contributed by atoms with Gasteiger partial charge in [0, 0.05) is 5.69 Å². The quantitative estimate of drug-likeness (QED) is 0.219. The number of hydrogen-bond donors (Lipinski definition) is 3. The van der Waals surface area contributed by atoms with Crippen LogP contribution in [0.4, 0.5) is 5.69 Å². The van der Waals surface area contributed by atoms with Gasteiger partial charge >= 0.3 is 5.97 Å². The predicted molar refractivity (Wildman–Crippen MR) is 132 cm³/mol. The van der Waals surface area contributed by atoms with Crippen LogP contribution in [-0.2, 0) is 30.5 Å². The molecule has 0 aromatic heterocycles. The maximum Gasteiger partial charge on any atom is 0.311 e. The monoisotopic (exact) mass is 559 g/mol. The maximum absolute atomic E-state index is 12.5. The summed E-state index contributed by atoms with van der Waals surface area (Å²) in [5.74, 6) is -1.41. The Labute approximate surface area is 203 Å². The molecule has 0 bridgehead atoms. The number of hydrogen-bond acceptors (Lipinski definition) is 5. The molecule has 1 rings (SSSR count). The molecule has 8 nitrogen and oxygen atoms in total. The highest BCUT2D eigenvalue weighted by Gasteiger charge is 2.28. The lowest BCUT2D eigenvalue weighted by molar-refractivity contribution is -0.155. The Hall–Kier alpha value is -2.17. The van der Waals surface area contributed by atoms with Gasteiger partial charge in [0.05, 0.1) is 9.84 Å². The Kier molecular flexibility index (Phi) is 11.1. The fraction of sp³-hybridized carbons (Fsp3) is 0.565. The maximum atomic E-state index is 12.5. The SMILES string of the molecule is CCC(C)(C)C(=O)OCc1ccc(NC(=O)[C@H](C)NC(=O)[C@@H](NC(=O)CI)C(C)C)cc1. The Morgan fingerprint density at radius 1 is 1.00 bits per heavy atom. The molecule has 0 aliphatic rings. The van der Waals surface area contributed by atoms with Crippen LogP contribution < -0.4 is 16.0 Å². The average molecular weight is 559 g/mol. The van der Waals surface area contributed by atoms with Gasteiger partial charge in [-0.3, -0.25) is 19.2 Å². The van der Waals surface area contributed by atoms with E-state index < -0.39 is 23.4 Å². The zero-order valence-corrected chi connectivity index (χ0v) is 21.7. The van der Waals surface area contributed by atoms with E-state index in [1.165, 1.54) is 0 Å². The number of carbonyl (C=O) groups is 4. The predicted octanol–water partition coefficient (Wildman–Crippen LogP) is 3.19. The van der Waals surface area contributed by atoms with E-state index in [-0.39, 0.29) is 34.7 Å². The van der Waals surface area contributed by atoms with Gasteiger partial charge in [-0.2, -0.15) is 0 Å². The molecule has 0 spiro atoms. The van der Waals surface area contributed by atoms with Crippen LogP contribution in [0, 0.1) is 11.3 Å². The first-order chi connectivity index (χ1) is 14.9. The van der Waals surface area contributed by atoms with Crippen LogP contribution in [0.25, 0.3) is 0 Å². The van der Waals surface area contributed by atoms with E-state index in [0.717, 1.165) is 5.56 Å². The molecule has 0 saturated heterocycles. The molecule has 178 valence electrons. The molecule has 32 heavy (non-hydrogen) atoms. The largest absolute Gasteiger partial charge is 0.460 e. The van der Waals surface area contributed by atoms with Crippen molar-refractivity contribution in [3.05, 3.63) is 29.8 Å². The van der Waals surface area contributed by atoms with Crippen molar-refractivity contribution < 1.29 is 23.9 Å². The zero-order valence-electron chi connectivity index (χ0n) is 19.6. The topological polar surface area (TPSA) is 114 Å². The number of benzene rings is 1. The summed E-state index contributed by atoms with van der Waals surface area (Å²) in [7, 11) is 0. The number of nitrogens with one attached hydrogen (secondary N) is 3. The lowest BCUT2D eigenvalue weighted by atomic mass is 9.91. The molecule has 2 atom stereocenters. The molecule has 1 aromatic carbocycles. The first-order valence-electron chi connectivity index (χ1n) is 10.6. The molecule has 3 amide bonds. The summed E-state index contributed by atoms with van der Waals surface area (Å²) in [5.41, 5.74) is 0.830. The van der Waals surface area contributed by atoms with E-state index >= 15 is 0 Å². The summed E-state index contributed by atoms with van der Waals surface area (Å²) in [4.78, 5) is 48.7. The molecule has 0 aliphatic carbocycles. The van der Waals surface area contributed by atoms with Gasteiger partial charge in [0.1, 0.15) is 18.7 Å². The molecule has 0 fully saturated rings. The highest BCUT2D eigenvalue weighted by atomic mass is 127. The highest BCUT2D eigenvalue weighted by molar-refractivity contribution is 14.1. The summed E-state index contributed by atoms with van der Waals surface area (Å²) in [6.07, 6.45) is 0.689. The molecule has 0 aliphatic heterocycles. The van der Waals surface area contributed by atoms with Crippen LogP contribution in [0.15, 0.2) is 24.3 Å². The van der Waals surface area contributed by atoms with Crippen LogP contribution in [0.3, 0.4) is 0 Å².